The highest BCUT2D eigenvalue weighted by Gasteiger charge is 2.10. The summed E-state index contributed by atoms with van der Waals surface area (Å²) in [7, 11) is 0. The molecule has 3 N–H and O–H groups in total. The molecule has 0 fully saturated rings. The summed E-state index contributed by atoms with van der Waals surface area (Å²) < 4.78 is 5.76. The maximum atomic E-state index is 5.82. The van der Waals surface area contributed by atoms with Crippen molar-refractivity contribution < 1.29 is 4.42 Å². The SMILES string of the molecule is CC(C)(C)NC(N)=NCc1ccc(-c2ccccc2)o1.I. The summed E-state index contributed by atoms with van der Waals surface area (Å²) in [5.74, 6) is 2.07. The van der Waals surface area contributed by atoms with Crippen LogP contribution in [0.5, 0.6) is 0 Å². The van der Waals surface area contributed by atoms with E-state index < -0.39 is 0 Å². The number of nitrogens with one attached hydrogen (secondary N) is 1. The Labute approximate surface area is 142 Å². The third-order valence-electron chi connectivity index (χ3n) is 2.63. The molecule has 0 aliphatic heterocycles. The van der Waals surface area contributed by atoms with Gasteiger partial charge < -0.3 is 15.5 Å². The molecule has 0 radical (unpaired) electrons. The van der Waals surface area contributed by atoms with Gasteiger partial charge in [0.2, 0.25) is 0 Å². The Hall–Kier alpha value is -1.50. The second-order valence-corrected chi connectivity index (χ2v) is 5.71. The van der Waals surface area contributed by atoms with Crippen LogP contribution in [0.15, 0.2) is 51.9 Å². The Balaban J connectivity index is 0.00000220. The number of hydrogen-bond acceptors (Lipinski definition) is 2. The topological polar surface area (TPSA) is 63.5 Å². The van der Waals surface area contributed by atoms with Crippen LogP contribution in [0.1, 0.15) is 26.5 Å². The molecule has 0 saturated carbocycles. The van der Waals surface area contributed by atoms with Gasteiger partial charge in [-0.3, -0.25) is 0 Å². The first-order valence-corrected chi connectivity index (χ1v) is 6.66. The molecule has 21 heavy (non-hydrogen) atoms. The standard InChI is InChI=1S/C16H21N3O.HI/c1-16(2,3)19-15(17)18-11-13-9-10-14(20-13)12-7-5-4-6-8-12;/h4-10H,11H2,1-3H3,(H3,17,18,19);1H. The predicted molar refractivity (Wildman–Crippen MR) is 97.8 cm³/mol. The van der Waals surface area contributed by atoms with Gasteiger partial charge in [0.15, 0.2) is 5.96 Å². The van der Waals surface area contributed by atoms with Crippen molar-refractivity contribution in [3.63, 3.8) is 0 Å². The maximum absolute atomic E-state index is 5.82. The highest BCUT2D eigenvalue weighted by atomic mass is 127. The molecule has 114 valence electrons. The molecule has 0 amide bonds. The van der Waals surface area contributed by atoms with Crippen LogP contribution in [0.25, 0.3) is 11.3 Å². The van der Waals surface area contributed by atoms with Gasteiger partial charge >= 0.3 is 0 Å². The summed E-state index contributed by atoms with van der Waals surface area (Å²) >= 11 is 0. The van der Waals surface area contributed by atoms with Crippen molar-refractivity contribution in [1.29, 1.82) is 0 Å². The lowest BCUT2D eigenvalue weighted by atomic mass is 10.1. The third-order valence-corrected chi connectivity index (χ3v) is 2.63. The molecule has 1 aromatic carbocycles. The van der Waals surface area contributed by atoms with Gasteiger partial charge in [-0.15, -0.1) is 24.0 Å². The summed E-state index contributed by atoms with van der Waals surface area (Å²) in [5.41, 5.74) is 6.79. The van der Waals surface area contributed by atoms with Gasteiger partial charge in [0.05, 0.1) is 0 Å². The molecule has 0 saturated heterocycles. The molecular weight excluding hydrogens is 377 g/mol. The van der Waals surface area contributed by atoms with Crippen molar-refractivity contribution >= 4 is 29.9 Å². The minimum Gasteiger partial charge on any atom is -0.459 e. The quantitative estimate of drug-likeness (QED) is 0.469. The average molecular weight is 399 g/mol. The molecule has 4 nitrogen and oxygen atoms in total. The lowest BCUT2D eigenvalue weighted by molar-refractivity contribution is 0.502. The fourth-order valence-corrected chi connectivity index (χ4v) is 1.81. The third kappa shape index (κ3) is 5.79. The van der Waals surface area contributed by atoms with E-state index in [1.165, 1.54) is 0 Å². The number of furan rings is 1. The van der Waals surface area contributed by atoms with Gasteiger partial charge in [-0.25, -0.2) is 4.99 Å². The van der Waals surface area contributed by atoms with Gasteiger partial charge in [0, 0.05) is 11.1 Å². The van der Waals surface area contributed by atoms with E-state index in [2.05, 4.69) is 10.3 Å². The van der Waals surface area contributed by atoms with Crippen LogP contribution < -0.4 is 11.1 Å². The first-order chi connectivity index (χ1) is 9.44. The Morgan fingerprint density at radius 2 is 1.81 bits per heavy atom. The fourth-order valence-electron chi connectivity index (χ4n) is 1.81. The summed E-state index contributed by atoms with van der Waals surface area (Å²) in [5, 5.41) is 3.11. The van der Waals surface area contributed by atoms with E-state index >= 15 is 0 Å². The van der Waals surface area contributed by atoms with Gasteiger partial charge in [0.1, 0.15) is 18.1 Å². The Kier molecular flexibility index (Phi) is 6.26. The van der Waals surface area contributed by atoms with Crippen LogP contribution in [0.4, 0.5) is 0 Å². The normalized spacial score (nSPS) is 11.9. The van der Waals surface area contributed by atoms with Crippen LogP contribution >= 0.6 is 24.0 Å². The van der Waals surface area contributed by atoms with Gasteiger partial charge in [-0.2, -0.15) is 0 Å². The first-order valence-electron chi connectivity index (χ1n) is 6.66. The second-order valence-electron chi connectivity index (χ2n) is 5.71. The zero-order valence-corrected chi connectivity index (χ0v) is 14.9. The Morgan fingerprint density at radius 1 is 1.14 bits per heavy atom. The molecule has 0 atom stereocenters. The number of guanidine groups is 1. The number of nitrogens with two attached hydrogens (primary N) is 1. The molecule has 2 aromatic rings. The van der Waals surface area contributed by atoms with Gasteiger partial charge in [-0.05, 0) is 32.9 Å². The summed E-state index contributed by atoms with van der Waals surface area (Å²) in [4.78, 5) is 4.28. The molecule has 0 spiro atoms. The molecule has 2 rings (SSSR count). The Bertz CT molecular complexity index is 585. The van der Waals surface area contributed by atoms with E-state index in [9.17, 15) is 0 Å². The lowest BCUT2D eigenvalue weighted by Gasteiger charge is -2.20. The lowest BCUT2D eigenvalue weighted by Crippen LogP contribution is -2.44. The van der Waals surface area contributed by atoms with Crippen molar-refractivity contribution in [3.8, 4) is 11.3 Å². The summed E-state index contributed by atoms with van der Waals surface area (Å²) in [6, 6.07) is 13.9. The largest absolute Gasteiger partial charge is 0.459 e. The molecule has 0 unspecified atom stereocenters. The molecule has 1 heterocycles. The van der Waals surface area contributed by atoms with Crippen molar-refractivity contribution in [2.24, 2.45) is 10.7 Å². The molecule has 0 bridgehead atoms. The number of nitrogens with zero attached hydrogens (tertiary/aromatic N) is 1. The minimum atomic E-state index is -0.0913. The highest BCUT2D eigenvalue weighted by molar-refractivity contribution is 14.0. The molecule has 0 aliphatic carbocycles. The second kappa shape index (κ2) is 7.49. The Morgan fingerprint density at radius 3 is 2.43 bits per heavy atom. The van der Waals surface area contributed by atoms with E-state index in [1.54, 1.807) is 0 Å². The van der Waals surface area contributed by atoms with Crippen molar-refractivity contribution in [2.45, 2.75) is 32.9 Å². The first kappa shape index (κ1) is 17.6. The van der Waals surface area contributed by atoms with Gasteiger partial charge in [-0.1, -0.05) is 30.3 Å². The zero-order valence-electron chi connectivity index (χ0n) is 12.6. The molecular formula is C16H22IN3O. The van der Waals surface area contributed by atoms with E-state index in [4.69, 9.17) is 10.2 Å². The van der Waals surface area contributed by atoms with Crippen molar-refractivity contribution in [1.82, 2.24) is 5.32 Å². The number of benzene rings is 1. The fraction of sp³-hybridized carbons (Fsp3) is 0.312. The van der Waals surface area contributed by atoms with E-state index in [0.717, 1.165) is 17.1 Å². The van der Waals surface area contributed by atoms with Crippen LogP contribution in [0.2, 0.25) is 0 Å². The van der Waals surface area contributed by atoms with Crippen molar-refractivity contribution in [2.75, 3.05) is 0 Å². The zero-order chi connectivity index (χ0) is 14.6. The average Bonchev–Trinajstić information content (AvgIpc) is 2.84. The smallest absolute Gasteiger partial charge is 0.189 e. The summed E-state index contributed by atoms with van der Waals surface area (Å²) in [6.45, 7) is 6.54. The number of rotatable bonds is 3. The highest BCUT2D eigenvalue weighted by Crippen LogP contribution is 2.21. The van der Waals surface area contributed by atoms with E-state index in [-0.39, 0.29) is 29.5 Å². The molecule has 5 heteroatoms. The monoisotopic (exact) mass is 399 g/mol. The van der Waals surface area contributed by atoms with E-state index in [0.29, 0.717) is 12.5 Å². The van der Waals surface area contributed by atoms with Crippen LogP contribution in [-0.4, -0.2) is 11.5 Å². The minimum absolute atomic E-state index is 0. The predicted octanol–water partition coefficient (Wildman–Crippen LogP) is 3.77. The van der Waals surface area contributed by atoms with Crippen LogP contribution in [0, 0.1) is 0 Å². The van der Waals surface area contributed by atoms with E-state index in [1.807, 2.05) is 63.2 Å². The van der Waals surface area contributed by atoms with Crippen LogP contribution in [-0.2, 0) is 6.54 Å². The van der Waals surface area contributed by atoms with Crippen molar-refractivity contribution in [3.05, 3.63) is 48.2 Å². The maximum Gasteiger partial charge on any atom is 0.189 e. The number of hydrogen-bond donors (Lipinski definition) is 2. The number of aliphatic imine (C=N–C) groups is 1. The van der Waals surface area contributed by atoms with Gasteiger partial charge in [0.25, 0.3) is 0 Å². The van der Waals surface area contributed by atoms with Crippen LogP contribution in [0.3, 0.4) is 0 Å². The summed E-state index contributed by atoms with van der Waals surface area (Å²) in [6.07, 6.45) is 0. The number of halogens is 1. The molecule has 1 aromatic heterocycles. The molecule has 0 aliphatic rings.